The summed E-state index contributed by atoms with van der Waals surface area (Å²) in [5.41, 5.74) is 0. The normalized spacial score (nSPS) is 8.80. The van der Waals surface area contributed by atoms with Gasteiger partial charge in [0, 0.05) is 13.1 Å². The molecule has 10 heavy (non-hydrogen) atoms. The summed E-state index contributed by atoms with van der Waals surface area (Å²) < 4.78 is 0. The van der Waals surface area contributed by atoms with Crippen LogP contribution in [-0.2, 0) is 12.9 Å². The van der Waals surface area contributed by atoms with Gasteiger partial charge in [0.15, 0.2) is 0 Å². The van der Waals surface area contributed by atoms with Crippen LogP contribution >= 0.6 is 20.3 Å². The Balaban J connectivity index is 0. The van der Waals surface area contributed by atoms with Crippen molar-refractivity contribution in [3.05, 3.63) is 0 Å². The molecule has 0 fully saturated rings. The molecular formula is C4H11Cl2CoNO2. The monoisotopic (exact) mass is 234 g/mol. The molecule has 0 aliphatic heterocycles. The van der Waals surface area contributed by atoms with Crippen LogP contribution in [0.15, 0.2) is 0 Å². The van der Waals surface area contributed by atoms with Gasteiger partial charge in [0.1, 0.15) is 0 Å². The molecule has 0 heterocycles. The minimum absolute atomic E-state index is 0.139. The topological polar surface area (TPSA) is 52.5 Å². The Bertz CT molecular complexity index is 48.2. The average Bonchev–Trinajstić information content (AvgIpc) is 1.91. The van der Waals surface area contributed by atoms with E-state index in [-0.39, 0.29) is 13.2 Å². The van der Waals surface area contributed by atoms with Gasteiger partial charge in [0.05, 0.1) is 13.2 Å². The first-order valence-corrected chi connectivity index (χ1v) is 5.46. The van der Waals surface area contributed by atoms with E-state index in [0.29, 0.717) is 26.0 Å². The zero-order valence-corrected chi connectivity index (χ0v) is 7.87. The number of rotatable bonds is 4. The number of halogens is 2. The molecule has 3 nitrogen and oxygen atoms in total. The second kappa shape index (κ2) is 16.5. The van der Waals surface area contributed by atoms with Gasteiger partial charge >= 0.3 is 33.2 Å². The molecule has 0 amide bonds. The first-order chi connectivity index (χ1) is 4.83. The van der Waals surface area contributed by atoms with Crippen LogP contribution in [0.1, 0.15) is 0 Å². The second-order valence-corrected chi connectivity index (χ2v) is 2.96. The van der Waals surface area contributed by atoms with E-state index < -0.39 is 0 Å². The van der Waals surface area contributed by atoms with Crippen molar-refractivity contribution in [1.82, 2.24) is 5.32 Å². The van der Waals surface area contributed by atoms with E-state index in [1.165, 1.54) is 0 Å². The summed E-state index contributed by atoms with van der Waals surface area (Å²) >= 11 is 0.382. The zero-order chi connectivity index (χ0) is 8.24. The molecular weight excluding hydrogens is 224 g/mol. The third-order valence-electron chi connectivity index (χ3n) is 0.577. The van der Waals surface area contributed by atoms with Gasteiger partial charge in [0.2, 0.25) is 0 Å². The Morgan fingerprint density at radius 2 is 1.40 bits per heavy atom. The minimum atomic E-state index is 0.139. The van der Waals surface area contributed by atoms with E-state index in [1.54, 1.807) is 0 Å². The van der Waals surface area contributed by atoms with Gasteiger partial charge in [-0.05, 0) is 0 Å². The molecule has 0 aliphatic rings. The number of aliphatic hydroxyl groups excluding tert-OH is 2. The van der Waals surface area contributed by atoms with Crippen LogP contribution in [0.25, 0.3) is 0 Å². The summed E-state index contributed by atoms with van der Waals surface area (Å²) in [4.78, 5) is 0. The zero-order valence-electron chi connectivity index (χ0n) is 5.31. The molecule has 6 heteroatoms. The Labute approximate surface area is 75.2 Å². The maximum atomic E-state index is 8.15. The van der Waals surface area contributed by atoms with Crippen LogP contribution in [0.4, 0.5) is 0 Å². The van der Waals surface area contributed by atoms with Gasteiger partial charge in [-0.25, -0.2) is 0 Å². The standard InChI is InChI=1S/C4H11NO2.2ClH.Co/c6-3-1-5-2-4-7;;;/h5-7H,1-4H2;2*1H;/q;;;+2/p-2. The third-order valence-corrected chi connectivity index (χ3v) is 0.577. The predicted octanol–water partition coefficient (Wildman–Crippen LogP) is -0.0629. The molecule has 0 aliphatic carbocycles. The van der Waals surface area contributed by atoms with Crippen LogP contribution in [0.2, 0.25) is 0 Å². The van der Waals surface area contributed by atoms with E-state index in [9.17, 15) is 0 Å². The van der Waals surface area contributed by atoms with Crippen molar-refractivity contribution in [1.29, 1.82) is 0 Å². The van der Waals surface area contributed by atoms with Crippen molar-refractivity contribution in [3.63, 3.8) is 0 Å². The van der Waals surface area contributed by atoms with Crippen LogP contribution < -0.4 is 5.32 Å². The number of aliphatic hydroxyl groups is 2. The van der Waals surface area contributed by atoms with Crippen LogP contribution in [0.3, 0.4) is 0 Å². The van der Waals surface area contributed by atoms with Gasteiger partial charge in [-0.1, -0.05) is 0 Å². The molecule has 0 aromatic carbocycles. The molecule has 67 valence electrons. The van der Waals surface area contributed by atoms with Crippen LogP contribution in [-0.4, -0.2) is 36.5 Å². The molecule has 0 saturated carbocycles. The summed E-state index contributed by atoms with van der Waals surface area (Å²) in [6, 6.07) is 0. The third kappa shape index (κ3) is 23.1. The van der Waals surface area contributed by atoms with E-state index in [2.05, 4.69) is 5.32 Å². The summed E-state index contributed by atoms with van der Waals surface area (Å²) in [5.74, 6) is 0. The van der Waals surface area contributed by atoms with Crippen molar-refractivity contribution in [2.24, 2.45) is 0 Å². The van der Waals surface area contributed by atoms with E-state index in [0.717, 1.165) is 0 Å². The Morgan fingerprint density at radius 1 is 1.10 bits per heavy atom. The first kappa shape index (κ1) is 13.5. The summed E-state index contributed by atoms with van der Waals surface area (Å²) in [6.07, 6.45) is 0. The van der Waals surface area contributed by atoms with E-state index in [1.807, 2.05) is 0 Å². The van der Waals surface area contributed by atoms with Gasteiger partial charge in [-0.3, -0.25) is 0 Å². The van der Waals surface area contributed by atoms with Crippen molar-refractivity contribution < 1.29 is 23.1 Å². The predicted molar refractivity (Wildman–Crippen MR) is 38.7 cm³/mol. The molecule has 0 atom stereocenters. The average molecular weight is 235 g/mol. The molecule has 0 spiro atoms. The fraction of sp³-hybridized carbons (Fsp3) is 1.00. The number of hydrogen-bond acceptors (Lipinski definition) is 3. The molecule has 0 saturated heterocycles. The molecule has 3 N–H and O–H groups in total. The fourth-order valence-corrected chi connectivity index (χ4v) is 0.283. The van der Waals surface area contributed by atoms with Crippen LogP contribution in [0.5, 0.6) is 0 Å². The Hall–Kier alpha value is 0.966. The van der Waals surface area contributed by atoms with Crippen molar-refractivity contribution in [2.75, 3.05) is 26.3 Å². The second-order valence-electron chi connectivity index (χ2n) is 1.24. The molecule has 0 unspecified atom stereocenters. The van der Waals surface area contributed by atoms with Crippen LogP contribution in [0, 0.1) is 0 Å². The number of nitrogens with one attached hydrogen (secondary N) is 1. The van der Waals surface area contributed by atoms with Gasteiger partial charge in [-0.2, -0.15) is 0 Å². The summed E-state index contributed by atoms with van der Waals surface area (Å²) in [7, 11) is 9.47. The van der Waals surface area contributed by atoms with Crippen molar-refractivity contribution >= 4 is 20.3 Å². The first-order valence-electron chi connectivity index (χ1n) is 2.59. The van der Waals surface area contributed by atoms with E-state index in [4.69, 9.17) is 30.5 Å². The molecule has 0 bridgehead atoms. The Morgan fingerprint density at radius 3 is 1.60 bits per heavy atom. The van der Waals surface area contributed by atoms with Gasteiger partial charge in [-0.15, -0.1) is 0 Å². The van der Waals surface area contributed by atoms with Gasteiger partial charge in [0.25, 0.3) is 0 Å². The fourth-order valence-electron chi connectivity index (χ4n) is 0.283. The van der Waals surface area contributed by atoms with Crippen molar-refractivity contribution in [2.45, 2.75) is 0 Å². The molecule has 0 aromatic heterocycles. The number of hydrogen-bond donors (Lipinski definition) is 3. The maximum absolute atomic E-state index is 8.15. The Kier molecular flexibility index (Phi) is 22.4. The van der Waals surface area contributed by atoms with Crippen molar-refractivity contribution in [3.8, 4) is 0 Å². The molecule has 0 aromatic rings. The quantitative estimate of drug-likeness (QED) is 0.598. The summed E-state index contributed by atoms with van der Waals surface area (Å²) in [5, 5.41) is 19.1. The van der Waals surface area contributed by atoms with Gasteiger partial charge < -0.3 is 15.5 Å². The molecule has 0 radical (unpaired) electrons. The van der Waals surface area contributed by atoms with E-state index >= 15 is 0 Å². The SMILES string of the molecule is OCCNCCO.[Cl][Co][Cl]. The summed E-state index contributed by atoms with van der Waals surface area (Å²) in [6.45, 7) is 1.42. The molecule has 0 rings (SSSR count).